The Labute approximate surface area is 136 Å². The van der Waals surface area contributed by atoms with Gasteiger partial charge in [0, 0.05) is 19.2 Å². The van der Waals surface area contributed by atoms with Gasteiger partial charge in [0.1, 0.15) is 11.5 Å². The van der Waals surface area contributed by atoms with E-state index >= 15 is 0 Å². The maximum atomic E-state index is 11.8. The molecule has 0 aliphatic carbocycles. The van der Waals surface area contributed by atoms with E-state index in [-0.39, 0.29) is 5.25 Å². The molecule has 1 fully saturated rings. The molecule has 1 aliphatic rings. The van der Waals surface area contributed by atoms with E-state index in [1.807, 2.05) is 36.4 Å². The van der Waals surface area contributed by atoms with Gasteiger partial charge in [-0.2, -0.15) is 0 Å². The van der Waals surface area contributed by atoms with E-state index in [1.54, 1.807) is 6.07 Å². The van der Waals surface area contributed by atoms with Crippen molar-refractivity contribution in [3.05, 3.63) is 48.2 Å². The molecule has 2 heterocycles. The Morgan fingerprint density at radius 1 is 1.26 bits per heavy atom. The summed E-state index contributed by atoms with van der Waals surface area (Å²) in [4.78, 5) is 2.07. The highest BCUT2D eigenvalue weighted by Gasteiger charge is 2.32. The van der Waals surface area contributed by atoms with Gasteiger partial charge in [0.2, 0.25) is 10.0 Å². The lowest BCUT2D eigenvalue weighted by Gasteiger charge is -2.14. The van der Waals surface area contributed by atoms with E-state index in [9.17, 15) is 8.42 Å². The molecule has 1 N–H and O–H groups in total. The first-order valence-corrected chi connectivity index (χ1v) is 9.08. The summed E-state index contributed by atoms with van der Waals surface area (Å²) in [5.41, 5.74) is 0. The molecule has 7 heteroatoms. The fraction of sp³-hybridized carbons (Fsp3) is 0.375. The van der Waals surface area contributed by atoms with Crippen molar-refractivity contribution in [3.8, 4) is 11.7 Å². The van der Waals surface area contributed by atoms with Gasteiger partial charge in [0.25, 0.3) is 5.95 Å². The van der Waals surface area contributed by atoms with Crippen LogP contribution >= 0.6 is 0 Å². The highest BCUT2D eigenvalue weighted by atomic mass is 32.2. The van der Waals surface area contributed by atoms with Gasteiger partial charge in [-0.3, -0.25) is 4.90 Å². The first kappa shape index (κ1) is 16.0. The Kier molecular flexibility index (Phi) is 4.70. The second kappa shape index (κ2) is 6.74. The Morgan fingerprint density at radius 3 is 2.78 bits per heavy atom. The summed E-state index contributed by atoms with van der Waals surface area (Å²) >= 11 is 0. The monoisotopic (exact) mass is 336 g/mol. The van der Waals surface area contributed by atoms with Crippen molar-refractivity contribution in [3.63, 3.8) is 0 Å². The average molecular weight is 336 g/mol. The van der Waals surface area contributed by atoms with Crippen LogP contribution in [0.15, 0.2) is 46.9 Å². The third-order valence-electron chi connectivity index (χ3n) is 3.93. The first-order chi connectivity index (χ1) is 11.1. The maximum Gasteiger partial charge on any atom is 0.290 e. The van der Waals surface area contributed by atoms with Crippen LogP contribution in [-0.4, -0.2) is 38.7 Å². The van der Waals surface area contributed by atoms with Gasteiger partial charge in [-0.05, 0) is 31.7 Å². The number of rotatable bonds is 6. The van der Waals surface area contributed by atoms with Crippen molar-refractivity contribution < 1.29 is 17.6 Å². The van der Waals surface area contributed by atoms with E-state index in [4.69, 9.17) is 9.15 Å². The molecule has 0 amide bonds. The van der Waals surface area contributed by atoms with E-state index in [0.717, 1.165) is 18.1 Å². The standard InChI is InChI=1S/C16H20N2O4S/c1-17-23(19,20)15-9-10-18(12-15)11-14-7-8-16(22-14)21-13-5-3-2-4-6-13/h2-8,15,17H,9-12H2,1H3. The number of nitrogens with one attached hydrogen (secondary N) is 1. The van der Waals surface area contributed by atoms with Crippen LogP contribution in [0.4, 0.5) is 0 Å². The number of nitrogens with zero attached hydrogens (tertiary/aromatic N) is 1. The van der Waals surface area contributed by atoms with Crippen molar-refractivity contribution in [2.24, 2.45) is 0 Å². The van der Waals surface area contributed by atoms with Crippen LogP contribution in [0.5, 0.6) is 11.7 Å². The molecule has 3 rings (SSSR count). The van der Waals surface area contributed by atoms with E-state index < -0.39 is 10.0 Å². The highest BCUT2D eigenvalue weighted by Crippen LogP contribution is 2.25. The molecule has 6 nitrogen and oxygen atoms in total. The van der Waals surface area contributed by atoms with Gasteiger partial charge in [-0.25, -0.2) is 13.1 Å². The fourth-order valence-corrected chi connectivity index (χ4v) is 3.84. The zero-order valence-corrected chi connectivity index (χ0v) is 13.8. The molecule has 1 saturated heterocycles. The molecular formula is C16H20N2O4S. The normalized spacial score (nSPS) is 19.1. The van der Waals surface area contributed by atoms with Crippen LogP contribution in [0, 0.1) is 0 Å². The number of sulfonamides is 1. The maximum absolute atomic E-state index is 11.8. The number of likely N-dealkylation sites (tertiary alicyclic amines) is 1. The molecule has 1 atom stereocenters. The summed E-state index contributed by atoms with van der Waals surface area (Å²) < 4.78 is 37.3. The summed E-state index contributed by atoms with van der Waals surface area (Å²) in [7, 11) is -1.75. The van der Waals surface area contributed by atoms with E-state index in [0.29, 0.717) is 25.5 Å². The van der Waals surface area contributed by atoms with Crippen molar-refractivity contribution in [1.82, 2.24) is 9.62 Å². The molecular weight excluding hydrogens is 316 g/mol. The Balaban J connectivity index is 1.58. The number of benzene rings is 1. The summed E-state index contributed by atoms with van der Waals surface area (Å²) in [5.74, 6) is 1.91. The smallest absolute Gasteiger partial charge is 0.290 e. The van der Waals surface area contributed by atoms with Gasteiger partial charge in [-0.15, -0.1) is 0 Å². The van der Waals surface area contributed by atoms with Gasteiger partial charge in [0.15, 0.2) is 0 Å². The molecule has 0 radical (unpaired) electrons. The van der Waals surface area contributed by atoms with Crippen LogP contribution in [0.3, 0.4) is 0 Å². The van der Waals surface area contributed by atoms with Crippen LogP contribution in [0.25, 0.3) is 0 Å². The Morgan fingerprint density at radius 2 is 2.04 bits per heavy atom. The lowest BCUT2D eigenvalue weighted by atomic mass is 10.3. The molecule has 0 saturated carbocycles. The Hall–Kier alpha value is -1.83. The highest BCUT2D eigenvalue weighted by molar-refractivity contribution is 7.90. The summed E-state index contributed by atoms with van der Waals surface area (Å²) in [6, 6.07) is 13.1. The lowest BCUT2D eigenvalue weighted by Crippen LogP contribution is -2.34. The molecule has 1 aliphatic heterocycles. The summed E-state index contributed by atoms with van der Waals surface area (Å²) in [5, 5.41) is -0.359. The fourth-order valence-electron chi connectivity index (χ4n) is 2.68. The molecule has 1 aromatic heterocycles. The topological polar surface area (TPSA) is 71.8 Å². The van der Waals surface area contributed by atoms with Crippen molar-refractivity contribution in [2.75, 3.05) is 20.1 Å². The van der Waals surface area contributed by atoms with Crippen molar-refractivity contribution >= 4 is 10.0 Å². The Bertz CT molecular complexity index is 742. The average Bonchev–Trinajstić information content (AvgIpc) is 3.19. The number of furan rings is 1. The van der Waals surface area contributed by atoms with Crippen LogP contribution in [-0.2, 0) is 16.6 Å². The second-order valence-corrected chi connectivity index (χ2v) is 7.70. The van der Waals surface area contributed by atoms with Gasteiger partial charge in [0.05, 0.1) is 11.8 Å². The quantitative estimate of drug-likeness (QED) is 0.875. The largest absolute Gasteiger partial charge is 0.429 e. The van der Waals surface area contributed by atoms with Crippen molar-refractivity contribution in [1.29, 1.82) is 0 Å². The number of hydrogen-bond acceptors (Lipinski definition) is 5. The van der Waals surface area contributed by atoms with E-state index in [1.165, 1.54) is 7.05 Å². The van der Waals surface area contributed by atoms with Crippen LogP contribution in [0.2, 0.25) is 0 Å². The van der Waals surface area contributed by atoms with Gasteiger partial charge < -0.3 is 9.15 Å². The summed E-state index contributed by atoms with van der Waals surface area (Å²) in [6.45, 7) is 1.83. The van der Waals surface area contributed by atoms with E-state index in [2.05, 4.69) is 9.62 Å². The molecule has 1 aromatic carbocycles. The zero-order valence-electron chi connectivity index (χ0n) is 12.9. The number of para-hydroxylation sites is 1. The molecule has 0 bridgehead atoms. The third kappa shape index (κ3) is 3.93. The SMILES string of the molecule is CNS(=O)(=O)C1CCN(Cc2ccc(Oc3ccccc3)o2)C1. The van der Waals surface area contributed by atoms with Gasteiger partial charge >= 0.3 is 0 Å². The summed E-state index contributed by atoms with van der Waals surface area (Å²) in [6.07, 6.45) is 0.636. The minimum atomic E-state index is -3.21. The first-order valence-electron chi connectivity index (χ1n) is 7.53. The van der Waals surface area contributed by atoms with Crippen molar-refractivity contribution in [2.45, 2.75) is 18.2 Å². The lowest BCUT2D eigenvalue weighted by molar-refractivity contribution is 0.272. The predicted octanol–water partition coefficient (Wildman–Crippen LogP) is 2.20. The number of hydrogen-bond donors (Lipinski definition) is 1. The third-order valence-corrected chi connectivity index (χ3v) is 5.76. The molecule has 23 heavy (non-hydrogen) atoms. The van der Waals surface area contributed by atoms with Gasteiger partial charge in [-0.1, -0.05) is 18.2 Å². The molecule has 2 aromatic rings. The second-order valence-electron chi connectivity index (χ2n) is 5.53. The minimum Gasteiger partial charge on any atom is -0.429 e. The predicted molar refractivity (Wildman–Crippen MR) is 86.9 cm³/mol. The molecule has 0 spiro atoms. The number of ether oxygens (including phenoxy) is 1. The van der Waals surface area contributed by atoms with Crippen LogP contribution in [0.1, 0.15) is 12.2 Å². The molecule has 1 unspecified atom stereocenters. The van der Waals surface area contributed by atoms with Crippen LogP contribution < -0.4 is 9.46 Å². The zero-order chi connectivity index (χ0) is 16.3. The minimum absolute atomic E-state index is 0.359. The molecule has 124 valence electrons.